The maximum Gasteiger partial charge on any atom is 0.649 e. The molecule has 0 saturated heterocycles. The molecule has 0 aromatic rings. The lowest BCUT2D eigenvalue weighted by atomic mass is 11.8. The summed E-state index contributed by atoms with van der Waals surface area (Å²) < 4.78 is 38.3. The van der Waals surface area contributed by atoms with Gasteiger partial charge in [-0.1, -0.05) is 0 Å². The number of hydrogen-bond donors (Lipinski definition) is 1. The van der Waals surface area contributed by atoms with Gasteiger partial charge >= 0.3 is 18.1 Å². The average Bonchev–Trinajstić information content (AvgIpc) is 2.10. The largest absolute Gasteiger partial charge is 0.649 e. The van der Waals surface area contributed by atoms with E-state index in [0.29, 0.717) is 0 Å². The van der Waals surface area contributed by atoms with Crippen LogP contribution in [0.2, 0.25) is 98.2 Å². The van der Waals surface area contributed by atoms with Crippen LogP contribution in [0.15, 0.2) is 0 Å². The second-order valence-corrected chi connectivity index (χ2v) is 40.3. The number of rotatable bonds is 12. The van der Waals surface area contributed by atoms with Gasteiger partial charge in [-0.05, 0) is 98.2 Å². The molecule has 0 heterocycles. The molecule has 0 unspecified atom stereocenters. The van der Waals surface area contributed by atoms with E-state index >= 15 is 0 Å². The van der Waals surface area contributed by atoms with Gasteiger partial charge in [0.15, 0.2) is 41.6 Å². The van der Waals surface area contributed by atoms with Crippen molar-refractivity contribution >= 4 is 59.7 Å². The molecule has 0 fully saturated rings. The van der Waals surface area contributed by atoms with E-state index in [1.165, 1.54) is 0 Å². The van der Waals surface area contributed by atoms with Crippen LogP contribution < -0.4 is 0 Å². The van der Waals surface area contributed by atoms with Crippen LogP contribution in [0.5, 0.6) is 0 Å². The molecule has 0 aliphatic carbocycles. The Balaban J connectivity index is 6.46. The summed E-state index contributed by atoms with van der Waals surface area (Å²) in [4.78, 5) is 11.6. The minimum atomic E-state index is -4.08. The molecule has 0 rings (SSSR count). The summed E-state index contributed by atoms with van der Waals surface area (Å²) in [5, 5.41) is 0. The van der Waals surface area contributed by atoms with Gasteiger partial charge in [0.25, 0.3) is 0 Å². The summed E-state index contributed by atoms with van der Waals surface area (Å²) in [6.07, 6.45) is 0. The van der Waals surface area contributed by atoms with Crippen molar-refractivity contribution in [3.05, 3.63) is 0 Å². The first-order chi connectivity index (χ1) is 12.2. The van der Waals surface area contributed by atoms with Crippen LogP contribution in [-0.4, -0.2) is 64.5 Å². The van der Waals surface area contributed by atoms with Crippen LogP contribution in [0.1, 0.15) is 0 Å². The predicted molar refractivity (Wildman–Crippen MR) is 137 cm³/mol. The standard InChI is InChI=1S/C15H46O7Si7/c1-23(2,3)17-28(16,18-24(4,5)6)22-29(19-25(7,8)9,20-26(10,11)12)21-27(13,14)15/h16H,1-15H3. The first kappa shape index (κ1) is 30.2. The third-order valence-corrected chi connectivity index (χ3v) is 21.8. The van der Waals surface area contributed by atoms with Crippen molar-refractivity contribution in [2.24, 2.45) is 0 Å². The highest BCUT2D eigenvalue weighted by Crippen LogP contribution is 2.31. The molecule has 0 spiro atoms. The molecule has 14 heteroatoms. The van der Waals surface area contributed by atoms with Gasteiger partial charge in [0.05, 0.1) is 0 Å². The Morgan fingerprint density at radius 2 is 0.552 bits per heavy atom. The molecule has 0 amide bonds. The Kier molecular flexibility index (Phi) is 10.0. The van der Waals surface area contributed by atoms with Crippen LogP contribution in [0.4, 0.5) is 0 Å². The summed E-state index contributed by atoms with van der Waals surface area (Å²) in [6.45, 7) is 30.6. The zero-order chi connectivity index (χ0) is 23.7. The molecule has 1 N–H and O–H groups in total. The molecule has 0 aromatic carbocycles. The molecular weight excluding hydrogens is 489 g/mol. The fourth-order valence-electron chi connectivity index (χ4n) is 2.24. The lowest BCUT2D eigenvalue weighted by Crippen LogP contribution is -2.70. The normalized spacial score (nSPS) is 15.7. The third kappa shape index (κ3) is 15.6. The van der Waals surface area contributed by atoms with Gasteiger partial charge in [0.2, 0.25) is 0 Å². The molecule has 0 atom stereocenters. The molecule has 0 radical (unpaired) electrons. The Bertz CT molecular complexity index is 471. The molecule has 0 saturated carbocycles. The van der Waals surface area contributed by atoms with Crippen molar-refractivity contribution in [2.45, 2.75) is 98.2 Å². The highest BCUT2D eigenvalue weighted by atomic mass is 28.6. The second kappa shape index (κ2) is 9.62. The zero-order valence-electron chi connectivity index (χ0n) is 21.4. The van der Waals surface area contributed by atoms with Gasteiger partial charge in [0, 0.05) is 0 Å². The Morgan fingerprint density at radius 1 is 0.345 bits per heavy atom. The fraction of sp³-hybridized carbons (Fsp3) is 1.00. The SMILES string of the molecule is C[Si](C)(C)O[Si](O)(O[Si](C)(C)C)O[Si](O[Si](C)(C)C)(O[Si](C)(C)C)O[Si](C)(C)C. The van der Waals surface area contributed by atoms with Gasteiger partial charge in [-0.25, -0.2) is 0 Å². The zero-order valence-corrected chi connectivity index (χ0v) is 28.4. The van der Waals surface area contributed by atoms with Crippen LogP contribution in [0.25, 0.3) is 0 Å². The third-order valence-electron chi connectivity index (χ3n) is 2.42. The highest BCUT2D eigenvalue weighted by Gasteiger charge is 2.63. The van der Waals surface area contributed by atoms with E-state index in [4.69, 9.17) is 24.7 Å². The smallest absolute Gasteiger partial charge is 0.396 e. The van der Waals surface area contributed by atoms with Crippen LogP contribution >= 0.6 is 0 Å². The predicted octanol–water partition coefficient (Wildman–Crippen LogP) is 5.12. The van der Waals surface area contributed by atoms with Crippen molar-refractivity contribution in [2.75, 3.05) is 0 Å². The minimum Gasteiger partial charge on any atom is -0.396 e. The summed E-state index contributed by atoms with van der Waals surface area (Å²) in [5.41, 5.74) is 0. The monoisotopic (exact) mass is 534 g/mol. The van der Waals surface area contributed by atoms with Gasteiger partial charge < -0.3 is 29.5 Å². The highest BCUT2D eigenvalue weighted by molar-refractivity contribution is 6.92. The van der Waals surface area contributed by atoms with Crippen LogP contribution in [0, 0.1) is 0 Å². The number of hydrogen-bond acceptors (Lipinski definition) is 7. The van der Waals surface area contributed by atoms with E-state index in [-0.39, 0.29) is 0 Å². The Morgan fingerprint density at radius 3 is 0.724 bits per heavy atom. The summed E-state index contributed by atoms with van der Waals surface area (Å²) >= 11 is 0. The van der Waals surface area contributed by atoms with Gasteiger partial charge in [-0.15, -0.1) is 0 Å². The van der Waals surface area contributed by atoms with E-state index in [0.717, 1.165) is 0 Å². The Labute approximate surface area is 187 Å². The van der Waals surface area contributed by atoms with E-state index in [1.807, 2.05) is 39.3 Å². The van der Waals surface area contributed by atoms with Crippen molar-refractivity contribution in [3.8, 4) is 0 Å². The summed E-state index contributed by atoms with van der Waals surface area (Å²) in [5.74, 6) is 0. The van der Waals surface area contributed by atoms with E-state index in [9.17, 15) is 4.80 Å². The second-order valence-electron chi connectivity index (χ2n) is 12.2. The molecule has 0 aliphatic rings. The fourth-order valence-corrected chi connectivity index (χ4v) is 23.6. The average molecular weight is 535 g/mol. The van der Waals surface area contributed by atoms with Crippen LogP contribution in [0.3, 0.4) is 0 Å². The topological polar surface area (TPSA) is 75.6 Å². The molecule has 29 heavy (non-hydrogen) atoms. The Hall–Kier alpha value is 1.24. The van der Waals surface area contributed by atoms with E-state index in [2.05, 4.69) is 58.9 Å². The molecule has 0 aliphatic heterocycles. The maximum absolute atomic E-state index is 11.6. The van der Waals surface area contributed by atoms with Crippen molar-refractivity contribution in [3.63, 3.8) is 0 Å². The molecular formula is C15H46O7Si7. The lowest BCUT2D eigenvalue weighted by molar-refractivity contribution is 0.0623. The van der Waals surface area contributed by atoms with Gasteiger partial charge in [0.1, 0.15) is 0 Å². The maximum atomic E-state index is 11.6. The quantitative estimate of drug-likeness (QED) is 0.348. The van der Waals surface area contributed by atoms with Gasteiger partial charge in [-0.2, -0.15) is 0 Å². The summed E-state index contributed by atoms with van der Waals surface area (Å²) in [6, 6.07) is 0. The van der Waals surface area contributed by atoms with E-state index < -0.39 is 59.7 Å². The van der Waals surface area contributed by atoms with Gasteiger partial charge in [-0.3, -0.25) is 0 Å². The molecule has 0 bridgehead atoms. The van der Waals surface area contributed by atoms with Crippen molar-refractivity contribution < 1.29 is 29.5 Å². The first-order valence-electron chi connectivity index (χ1n) is 10.2. The van der Waals surface area contributed by atoms with Crippen molar-refractivity contribution in [1.82, 2.24) is 0 Å². The summed E-state index contributed by atoms with van der Waals surface area (Å²) in [7, 11) is -18.7. The minimum absolute atomic E-state index is 2.00. The van der Waals surface area contributed by atoms with E-state index in [1.54, 1.807) is 0 Å². The van der Waals surface area contributed by atoms with Crippen molar-refractivity contribution in [1.29, 1.82) is 0 Å². The molecule has 0 aromatic heterocycles. The first-order valence-corrected chi connectivity index (χ1v) is 30.5. The lowest BCUT2D eigenvalue weighted by Gasteiger charge is -2.44. The van der Waals surface area contributed by atoms with Crippen LogP contribution in [-0.2, 0) is 24.7 Å². The molecule has 7 nitrogen and oxygen atoms in total. The molecule has 176 valence electrons.